The standard InChI is InChI=1S/C6H9F3N4O3S2/c7-6(8,9)3-16-2-1-11-18(14,15)5-13-12-4(10)17-5/h11H,1-3H2,(H2,10,12). The number of nitrogens with two attached hydrogens (primary N) is 1. The molecular weight excluding hydrogens is 297 g/mol. The van der Waals surface area contributed by atoms with Crippen LogP contribution in [0.25, 0.3) is 0 Å². The number of nitrogens with zero attached hydrogens (tertiary/aromatic N) is 2. The predicted molar refractivity (Wildman–Crippen MR) is 56.4 cm³/mol. The summed E-state index contributed by atoms with van der Waals surface area (Å²) in [5.74, 6) is 0. The van der Waals surface area contributed by atoms with E-state index in [-0.39, 0.29) is 16.0 Å². The Balaban J connectivity index is 2.35. The maximum absolute atomic E-state index is 11.7. The number of aromatic nitrogens is 2. The second-order valence-electron chi connectivity index (χ2n) is 2.97. The van der Waals surface area contributed by atoms with Crippen molar-refractivity contribution < 1.29 is 26.3 Å². The first-order chi connectivity index (χ1) is 8.21. The van der Waals surface area contributed by atoms with E-state index in [9.17, 15) is 21.6 Å². The molecular formula is C6H9F3N4O3S2. The van der Waals surface area contributed by atoms with Crippen molar-refractivity contribution in [2.45, 2.75) is 10.5 Å². The summed E-state index contributed by atoms with van der Waals surface area (Å²) in [5, 5.41) is 6.58. The molecule has 0 aromatic carbocycles. The zero-order valence-electron chi connectivity index (χ0n) is 8.77. The number of sulfonamides is 1. The van der Waals surface area contributed by atoms with Crippen LogP contribution in [-0.4, -0.2) is 44.5 Å². The largest absolute Gasteiger partial charge is 0.411 e. The van der Waals surface area contributed by atoms with Crippen molar-refractivity contribution in [1.82, 2.24) is 14.9 Å². The topological polar surface area (TPSA) is 107 Å². The lowest BCUT2D eigenvalue weighted by molar-refractivity contribution is -0.173. The number of ether oxygens (including phenoxy) is 1. The number of nitrogens with one attached hydrogen (secondary N) is 1. The minimum Gasteiger partial charge on any atom is -0.374 e. The number of hydrogen-bond acceptors (Lipinski definition) is 7. The zero-order chi connectivity index (χ0) is 13.8. The molecule has 0 fully saturated rings. The summed E-state index contributed by atoms with van der Waals surface area (Å²) in [6.07, 6.45) is -4.44. The van der Waals surface area contributed by atoms with Gasteiger partial charge in [0, 0.05) is 6.54 Å². The van der Waals surface area contributed by atoms with Crippen LogP contribution in [0.4, 0.5) is 18.3 Å². The first-order valence-corrected chi connectivity index (χ1v) is 6.74. The van der Waals surface area contributed by atoms with Crippen LogP contribution >= 0.6 is 11.3 Å². The van der Waals surface area contributed by atoms with Crippen LogP contribution in [0.15, 0.2) is 4.34 Å². The van der Waals surface area contributed by atoms with Gasteiger partial charge in [-0.2, -0.15) is 13.2 Å². The normalized spacial score (nSPS) is 12.8. The summed E-state index contributed by atoms with van der Waals surface area (Å²) in [6, 6.07) is 0. The number of halogens is 3. The van der Waals surface area contributed by atoms with Gasteiger partial charge in [-0.05, 0) is 0 Å². The Bertz CT molecular complexity index is 487. The maximum atomic E-state index is 11.7. The van der Waals surface area contributed by atoms with E-state index in [0.29, 0.717) is 11.3 Å². The highest BCUT2D eigenvalue weighted by Crippen LogP contribution is 2.16. The molecule has 7 nitrogen and oxygen atoms in total. The number of anilines is 1. The Morgan fingerprint density at radius 3 is 2.56 bits per heavy atom. The molecule has 0 aliphatic heterocycles. The summed E-state index contributed by atoms with van der Waals surface area (Å²) in [5.41, 5.74) is 5.20. The Labute approximate surface area is 104 Å². The molecule has 0 unspecified atom stereocenters. The van der Waals surface area contributed by atoms with Gasteiger partial charge in [0.05, 0.1) is 6.61 Å². The van der Waals surface area contributed by atoms with Crippen LogP contribution in [0.3, 0.4) is 0 Å². The van der Waals surface area contributed by atoms with Crippen LogP contribution in [0.2, 0.25) is 0 Å². The average Bonchev–Trinajstić information content (AvgIpc) is 2.63. The van der Waals surface area contributed by atoms with E-state index in [1.165, 1.54) is 0 Å². The van der Waals surface area contributed by atoms with Gasteiger partial charge in [0.25, 0.3) is 10.0 Å². The second kappa shape index (κ2) is 5.77. The summed E-state index contributed by atoms with van der Waals surface area (Å²) < 4.78 is 63.9. The summed E-state index contributed by atoms with van der Waals surface area (Å²) in [7, 11) is -3.90. The van der Waals surface area contributed by atoms with E-state index in [1.54, 1.807) is 0 Å². The van der Waals surface area contributed by atoms with Gasteiger partial charge in [-0.1, -0.05) is 11.3 Å². The molecule has 1 heterocycles. The molecule has 0 bridgehead atoms. The molecule has 0 saturated heterocycles. The van der Waals surface area contributed by atoms with E-state index in [0.717, 1.165) is 0 Å². The Morgan fingerprint density at radius 2 is 2.06 bits per heavy atom. The fourth-order valence-corrected chi connectivity index (χ4v) is 2.66. The SMILES string of the molecule is Nc1nnc(S(=O)(=O)NCCOCC(F)(F)F)s1. The zero-order valence-corrected chi connectivity index (χ0v) is 10.4. The monoisotopic (exact) mass is 306 g/mol. The highest BCUT2D eigenvalue weighted by Gasteiger charge is 2.27. The Morgan fingerprint density at radius 1 is 1.39 bits per heavy atom. The maximum Gasteiger partial charge on any atom is 0.411 e. The summed E-state index contributed by atoms with van der Waals surface area (Å²) in [4.78, 5) is 0. The van der Waals surface area contributed by atoms with E-state index in [4.69, 9.17) is 5.73 Å². The van der Waals surface area contributed by atoms with E-state index < -0.39 is 29.4 Å². The molecule has 0 radical (unpaired) electrons. The highest BCUT2D eigenvalue weighted by molar-refractivity contribution is 7.91. The van der Waals surface area contributed by atoms with Crippen molar-refractivity contribution in [2.75, 3.05) is 25.5 Å². The number of alkyl halides is 3. The van der Waals surface area contributed by atoms with Gasteiger partial charge in [0.1, 0.15) is 6.61 Å². The van der Waals surface area contributed by atoms with Gasteiger partial charge >= 0.3 is 6.18 Å². The van der Waals surface area contributed by atoms with Crippen molar-refractivity contribution >= 4 is 26.5 Å². The van der Waals surface area contributed by atoms with Crippen molar-refractivity contribution in [3.05, 3.63) is 0 Å². The van der Waals surface area contributed by atoms with Gasteiger partial charge in [-0.15, -0.1) is 10.2 Å². The van der Waals surface area contributed by atoms with Crippen LogP contribution in [0, 0.1) is 0 Å². The summed E-state index contributed by atoms with van der Waals surface area (Å²) in [6.45, 7) is -2.15. The quantitative estimate of drug-likeness (QED) is 0.715. The molecule has 18 heavy (non-hydrogen) atoms. The number of nitrogen functional groups attached to an aromatic ring is 1. The predicted octanol–water partition coefficient (Wildman–Crippen LogP) is -0.0225. The van der Waals surface area contributed by atoms with Crippen molar-refractivity contribution in [1.29, 1.82) is 0 Å². The Hall–Kier alpha value is -0.980. The first kappa shape index (κ1) is 15.1. The van der Waals surface area contributed by atoms with E-state index >= 15 is 0 Å². The highest BCUT2D eigenvalue weighted by atomic mass is 32.2. The van der Waals surface area contributed by atoms with Crippen molar-refractivity contribution in [3.8, 4) is 0 Å². The van der Waals surface area contributed by atoms with Gasteiger partial charge in [0.15, 0.2) is 0 Å². The first-order valence-electron chi connectivity index (χ1n) is 4.44. The lowest BCUT2D eigenvalue weighted by Gasteiger charge is -2.07. The third-order valence-corrected chi connectivity index (χ3v) is 4.04. The smallest absolute Gasteiger partial charge is 0.374 e. The summed E-state index contributed by atoms with van der Waals surface area (Å²) >= 11 is 0.647. The van der Waals surface area contributed by atoms with Crippen LogP contribution < -0.4 is 10.5 Å². The van der Waals surface area contributed by atoms with Crippen molar-refractivity contribution in [2.24, 2.45) is 0 Å². The van der Waals surface area contributed by atoms with Crippen LogP contribution in [0.5, 0.6) is 0 Å². The average molecular weight is 306 g/mol. The number of hydrogen-bond donors (Lipinski definition) is 2. The van der Waals surface area contributed by atoms with E-state index in [2.05, 4.69) is 14.9 Å². The Kier molecular flexibility index (Phi) is 4.84. The molecule has 1 aromatic heterocycles. The molecule has 1 aromatic rings. The minimum absolute atomic E-state index is 0.0244. The molecule has 3 N–H and O–H groups in total. The molecule has 12 heteroatoms. The van der Waals surface area contributed by atoms with Crippen LogP contribution in [-0.2, 0) is 14.8 Å². The molecule has 0 spiro atoms. The fourth-order valence-electron chi connectivity index (χ4n) is 0.827. The fraction of sp³-hybridized carbons (Fsp3) is 0.667. The second-order valence-corrected chi connectivity index (χ2v) is 5.92. The minimum atomic E-state index is -4.44. The molecule has 1 rings (SSSR count). The molecule has 0 amide bonds. The van der Waals surface area contributed by atoms with Crippen LogP contribution in [0.1, 0.15) is 0 Å². The van der Waals surface area contributed by atoms with E-state index in [1.807, 2.05) is 4.72 Å². The van der Waals surface area contributed by atoms with Gasteiger partial charge in [-0.3, -0.25) is 0 Å². The van der Waals surface area contributed by atoms with Crippen molar-refractivity contribution in [3.63, 3.8) is 0 Å². The lowest BCUT2D eigenvalue weighted by Crippen LogP contribution is -2.29. The third kappa shape index (κ3) is 5.12. The molecule has 0 atom stereocenters. The molecule has 0 saturated carbocycles. The molecule has 104 valence electrons. The third-order valence-electron chi connectivity index (χ3n) is 1.46. The number of rotatable bonds is 6. The molecule has 0 aliphatic carbocycles. The van der Waals surface area contributed by atoms with Gasteiger partial charge in [-0.25, -0.2) is 13.1 Å². The van der Waals surface area contributed by atoms with Gasteiger partial charge in [0.2, 0.25) is 9.47 Å². The lowest BCUT2D eigenvalue weighted by atomic mass is 10.7. The van der Waals surface area contributed by atoms with Gasteiger partial charge < -0.3 is 10.5 Å². The molecule has 0 aliphatic rings.